The van der Waals surface area contributed by atoms with Gasteiger partial charge in [-0.05, 0) is 13.3 Å². The van der Waals surface area contributed by atoms with Gasteiger partial charge in [0, 0.05) is 0 Å². The lowest BCUT2D eigenvalue weighted by Gasteiger charge is -2.14. The summed E-state index contributed by atoms with van der Waals surface area (Å²) < 4.78 is 0. The fourth-order valence-electron chi connectivity index (χ4n) is 0.849. The highest BCUT2D eigenvalue weighted by Gasteiger charge is 2.19. The van der Waals surface area contributed by atoms with E-state index >= 15 is 0 Å². The third-order valence-corrected chi connectivity index (χ3v) is 1.61. The summed E-state index contributed by atoms with van der Waals surface area (Å²) in [5.41, 5.74) is 5.28. The van der Waals surface area contributed by atoms with E-state index in [1.807, 2.05) is 6.92 Å². The van der Waals surface area contributed by atoms with Gasteiger partial charge in [-0.3, -0.25) is 4.79 Å². The van der Waals surface area contributed by atoms with Crippen LogP contribution in [0.4, 0.5) is 0 Å². The van der Waals surface area contributed by atoms with E-state index in [1.165, 1.54) is 6.92 Å². The molecule has 0 aromatic heterocycles. The van der Waals surface area contributed by atoms with Gasteiger partial charge in [0.15, 0.2) is 0 Å². The predicted molar refractivity (Wildman–Crippen MR) is 51.7 cm³/mol. The minimum Gasteiger partial charge on any atom is -0.480 e. The molecule has 0 heterocycles. The third-order valence-electron chi connectivity index (χ3n) is 1.61. The summed E-state index contributed by atoms with van der Waals surface area (Å²) in [5, 5.41) is 11.0. The lowest BCUT2D eigenvalue weighted by atomic mass is 10.1. The lowest BCUT2D eigenvalue weighted by Crippen LogP contribution is -2.47. The highest BCUT2D eigenvalue weighted by atomic mass is 16.4. The van der Waals surface area contributed by atoms with E-state index in [4.69, 9.17) is 10.8 Å². The zero-order valence-electron chi connectivity index (χ0n) is 8.41. The Kier molecular flexibility index (Phi) is 7.98. The average Bonchev–Trinajstić information content (AvgIpc) is 2.03. The van der Waals surface area contributed by atoms with Crippen LogP contribution < -0.4 is 11.1 Å². The monoisotopic (exact) mass is 206 g/mol. The van der Waals surface area contributed by atoms with E-state index < -0.39 is 24.0 Å². The predicted octanol–water partition coefficient (Wildman–Crippen LogP) is -1.12. The summed E-state index contributed by atoms with van der Waals surface area (Å²) in [4.78, 5) is 21.6. The molecule has 0 aliphatic rings. The van der Waals surface area contributed by atoms with Crippen LogP contribution in [0, 0.1) is 0 Å². The first kappa shape index (κ1) is 15.3. The molecular formula is C8H18N2O4. The quantitative estimate of drug-likeness (QED) is 0.526. The number of amides is 1. The second kappa shape index (κ2) is 7.28. The van der Waals surface area contributed by atoms with Gasteiger partial charge in [-0.15, -0.1) is 0 Å². The van der Waals surface area contributed by atoms with E-state index in [0.717, 1.165) is 0 Å². The van der Waals surface area contributed by atoms with Gasteiger partial charge in [0.1, 0.15) is 6.04 Å². The summed E-state index contributed by atoms with van der Waals surface area (Å²) in [5.74, 6) is -1.45. The molecule has 0 aliphatic heterocycles. The van der Waals surface area contributed by atoms with Gasteiger partial charge in [-0.25, -0.2) is 4.79 Å². The van der Waals surface area contributed by atoms with Gasteiger partial charge in [0.05, 0.1) is 6.04 Å². The van der Waals surface area contributed by atoms with Gasteiger partial charge < -0.3 is 21.6 Å². The second-order valence-electron chi connectivity index (χ2n) is 2.98. The molecule has 6 nitrogen and oxygen atoms in total. The van der Waals surface area contributed by atoms with Crippen LogP contribution in [0.2, 0.25) is 0 Å². The first-order valence-electron chi connectivity index (χ1n) is 4.27. The SMILES string of the molecule is CCCC(NC(=O)C(C)N)C(=O)O.O. The number of rotatable bonds is 5. The first-order valence-corrected chi connectivity index (χ1v) is 4.27. The molecule has 2 atom stereocenters. The Balaban J connectivity index is 0. The van der Waals surface area contributed by atoms with Crippen molar-refractivity contribution in [1.29, 1.82) is 0 Å². The number of carbonyl (C=O) groups excluding carboxylic acids is 1. The van der Waals surface area contributed by atoms with Crippen molar-refractivity contribution in [1.82, 2.24) is 5.32 Å². The average molecular weight is 206 g/mol. The number of carboxylic acid groups (broad SMARTS) is 1. The van der Waals surface area contributed by atoms with Crippen LogP contribution >= 0.6 is 0 Å². The highest BCUT2D eigenvalue weighted by Crippen LogP contribution is 1.96. The molecule has 0 bridgehead atoms. The molecule has 6 heteroatoms. The number of hydrogen-bond donors (Lipinski definition) is 3. The molecule has 0 aromatic carbocycles. The van der Waals surface area contributed by atoms with Crippen molar-refractivity contribution in [2.45, 2.75) is 38.8 Å². The van der Waals surface area contributed by atoms with Crippen molar-refractivity contribution in [2.24, 2.45) is 5.73 Å². The normalized spacial score (nSPS) is 13.6. The number of aliphatic carboxylic acids is 1. The Labute approximate surface area is 82.8 Å². The maximum atomic E-state index is 11.0. The molecule has 84 valence electrons. The van der Waals surface area contributed by atoms with Crippen molar-refractivity contribution in [2.75, 3.05) is 0 Å². The Hall–Kier alpha value is -1.14. The fourth-order valence-corrected chi connectivity index (χ4v) is 0.849. The van der Waals surface area contributed by atoms with Gasteiger partial charge in [0.2, 0.25) is 5.91 Å². The topological polar surface area (TPSA) is 124 Å². The van der Waals surface area contributed by atoms with E-state index in [2.05, 4.69) is 5.32 Å². The fraction of sp³-hybridized carbons (Fsp3) is 0.750. The zero-order chi connectivity index (χ0) is 10.4. The standard InChI is InChI=1S/C8H16N2O3.H2O/c1-3-4-6(8(12)13)10-7(11)5(2)9;/h5-6H,3-4,9H2,1-2H3,(H,10,11)(H,12,13);1H2. The van der Waals surface area contributed by atoms with Crippen molar-refractivity contribution in [3.63, 3.8) is 0 Å². The van der Waals surface area contributed by atoms with Crippen LogP contribution in [-0.4, -0.2) is 34.5 Å². The minimum absolute atomic E-state index is 0. The van der Waals surface area contributed by atoms with Gasteiger partial charge in [-0.1, -0.05) is 13.3 Å². The molecule has 6 N–H and O–H groups in total. The Morgan fingerprint density at radius 1 is 1.50 bits per heavy atom. The largest absolute Gasteiger partial charge is 0.480 e. The summed E-state index contributed by atoms with van der Waals surface area (Å²) in [6.45, 7) is 3.37. The van der Waals surface area contributed by atoms with Crippen LogP contribution in [0.15, 0.2) is 0 Å². The number of hydrogen-bond acceptors (Lipinski definition) is 3. The molecule has 2 unspecified atom stereocenters. The molecule has 0 saturated heterocycles. The number of nitrogens with two attached hydrogens (primary N) is 1. The van der Waals surface area contributed by atoms with E-state index in [-0.39, 0.29) is 5.48 Å². The van der Waals surface area contributed by atoms with Gasteiger partial charge in [-0.2, -0.15) is 0 Å². The van der Waals surface area contributed by atoms with E-state index in [9.17, 15) is 9.59 Å². The molecule has 14 heavy (non-hydrogen) atoms. The highest BCUT2D eigenvalue weighted by molar-refractivity contribution is 5.86. The Morgan fingerprint density at radius 2 is 2.00 bits per heavy atom. The molecule has 0 aromatic rings. The molecule has 0 saturated carbocycles. The Morgan fingerprint density at radius 3 is 2.29 bits per heavy atom. The van der Waals surface area contributed by atoms with E-state index in [1.54, 1.807) is 0 Å². The van der Waals surface area contributed by atoms with Crippen LogP contribution in [-0.2, 0) is 9.59 Å². The maximum absolute atomic E-state index is 11.0. The van der Waals surface area contributed by atoms with Crippen molar-refractivity contribution in [3.8, 4) is 0 Å². The van der Waals surface area contributed by atoms with Gasteiger partial charge in [0.25, 0.3) is 0 Å². The van der Waals surface area contributed by atoms with Crippen molar-refractivity contribution >= 4 is 11.9 Å². The molecule has 0 rings (SSSR count). The number of nitrogens with one attached hydrogen (secondary N) is 1. The summed E-state index contributed by atoms with van der Waals surface area (Å²) in [6.07, 6.45) is 1.13. The molecule has 1 amide bonds. The maximum Gasteiger partial charge on any atom is 0.326 e. The summed E-state index contributed by atoms with van der Waals surface area (Å²) in [7, 11) is 0. The summed E-state index contributed by atoms with van der Waals surface area (Å²) >= 11 is 0. The molecule has 0 fully saturated rings. The van der Waals surface area contributed by atoms with Crippen LogP contribution in [0.25, 0.3) is 0 Å². The molecule has 0 spiro atoms. The first-order chi connectivity index (χ1) is 5.99. The Bertz CT molecular complexity index is 194. The lowest BCUT2D eigenvalue weighted by molar-refractivity contribution is -0.142. The number of carboxylic acids is 1. The van der Waals surface area contributed by atoms with Crippen LogP contribution in [0.3, 0.4) is 0 Å². The van der Waals surface area contributed by atoms with Crippen LogP contribution in [0.1, 0.15) is 26.7 Å². The smallest absolute Gasteiger partial charge is 0.326 e. The third kappa shape index (κ3) is 5.50. The second-order valence-corrected chi connectivity index (χ2v) is 2.98. The summed E-state index contributed by atoms with van der Waals surface area (Å²) in [6, 6.07) is -1.48. The van der Waals surface area contributed by atoms with E-state index in [0.29, 0.717) is 12.8 Å². The minimum atomic E-state index is -1.02. The van der Waals surface area contributed by atoms with Gasteiger partial charge >= 0.3 is 5.97 Å². The molecule has 0 aliphatic carbocycles. The van der Waals surface area contributed by atoms with Crippen molar-refractivity contribution < 1.29 is 20.2 Å². The molecule has 0 radical (unpaired) electrons. The number of carbonyl (C=O) groups is 2. The zero-order valence-corrected chi connectivity index (χ0v) is 8.41. The van der Waals surface area contributed by atoms with Crippen molar-refractivity contribution in [3.05, 3.63) is 0 Å². The van der Waals surface area contributed by atoms with Crippen LogP contribution in [0.5, 0.6) is 0 Å². The molecular weight excluding hydrogens is 188 g/mol.